The molecule has 0 radical (unpaired) electrons. The molecule has 0 aliphatic carbocycles. The van der Waals surface area contributed by atoms with Gasteiger partial charge in [-0.05, 0) is 36.2 Å². The van der Waals surface area contributed by atoms with Crippen molar-refractivity contribution >= 4 is 26.8 Å². The van der Waals surface area contributed by atoms with Gasteiger partial charge in [0.1, 0.15) is 11.5 Å². The number of aromatic amines is 1. The van der Waals surface area contributed by atoms with Crippen molar-refractivity contribution in [2.45, 2.75) is 18.8 Å². The van der Waals surface area contributed by atoms with E-state index in [2.05, 4.69) is 67.6 Å². The molecule has 0 fully saturated rings. The van der Waals surface area contributed by atoms with E-state index < -0.39 is 0 Å². The number of hydrogen-bond acceptors (Lipinski definition) is 3. The van der Waals surface area contributed by atoms with Crippen molar-refractivity contribution in [3.63, 3.8) is 0 Å². The lowest BCUT2D eigenvalue weighted by atomic mass is 10.1. The third kappa shape index (κ3) is 5.06. The molecule has 0 saturated heterocycles. The lowest BCUT2D eigenvalue weighted by Crippen LogP contribution is -2.02. The lowest BCUT2D eigenvalue weighted by molar-refractivity contribution is 0.577. The van der Waals surface area contributed by atoms with Gasteiger partial charge < -0.3 is 0 Å². The number of alkyl halides is 1. The van der Waals surface area contributed by atoms with Gasteiger partial charge in [0.05, 0.1) is 24.5 Å². The molecular weight excluding hydrogens is 457 g/mol. The van der Waals surface area contributed by atoms with E-state index in [9.17, 15) is 4.39 Å². The zero-order valence-corrected chi connectivity index (χ0v) is 18.6. The van der Waals surface area contributed by atoms with Crippen molar-refractivity contribution in [2.24, 2.45) is 0 Å². The summed E-state index contributed by atoms with van der Waals surface area (Å²) in [7, 11) is 0. The van der Waals surface area contributed by atoms with Crippen LogP contribution in [0, 0.1) is 12.7 Å². The number of rotatable bonds is 4. The number of H-pyrrole nitrogens is 1. The van der Waals surface area contributed by atoms with Crippen LogP contribution in [0.5, 0.6) is 0 Å². The minimum atomic E-state index is -0.237. The van der Waals surface area contributed by atoms with Crippen LogP contribution in [-0.2, 0) is 11.9 Å². The van der Waals surface area contributed by atoms with E-state index in [1.54, 1.807) is 23.0 Å². The van der Waals surface area contributed by atoms with Crippen LogP contribution in [0.25, 0.3) is 22.2 Å². The quantitative estimate of drug-likeness (QED) is 0.328. The van der Waals surface area contributed by atoms with Gasteiger partial charge in [-0.2, -0.15) is 5.10 Å². The Morgan fingerprint density at radius 1 is 1.00 bits per heavy atom. The zero-order valence-electron chi connectivity index (χ0n) is 17.0. The third-order valence-electron chi connectivity index (χ3n) is 4.97. The number of halogens is 2. The molecule has 31 heavy (non-hydrogen) atoms. The molecule has 7 heteroatoms. The SMILES string of the molecule is Cc1ccccc1CBr.Fc1ccccc1Cn1cc(-c2ccc3[nH]ncc3c2)nn1. The number of hydrogen-bond donors (Lipinski definition) is 1. The van der Waals surface area contributed by atoms with Crippen molar-refractivity contribution in [3.05, 3.63) is 102 Å². The van der Waals surface area contributed by atoms with Crippen LogP contribution in [0.3, 0.4) is 0 Å². The van der Waals surface area contributed by atoms with Crippen molar-refractivity contribution in [1.29, 1.82) is 0 Å². The molecule has 1 N–H and O–H groups in total. The van der Waals surface area contributed by atoms with E-state index in [0.717, 1.165) is 27.5 Å². The second-order valence-electron chi connectivity index (χ2n) is 7.12. The molecule has 0 unspecified atom stereocenters. The minimum Gasteiger partial charge on any atom is -0.278 e. The fourth-order valence-electron chi connectivity index (χ4n) is 3.17. The molecule has 0 spiro atoms. The summed E-state index contributed by atoms with van der Waals surface area (Å²) in [4.78, 5) is 0. The Kier molecular flexibility index (Phi) is 6.52. The molecule has 0 bridgehead atoms. The summed E-state index contributed by atoms with van der Waals surface area (Å²) in [5.41, 5.74) is 5.99. The highest BCUT2D eigenvalue weighted by Crippen LogP contribution is 2.21. The first-order chi connectivity index (χ1) is 15.1. The number of benzene rings is 3. The normalized spacial score (nSPS) is 10.7. The van der Waals surface area contributed by atoms with Gasteiger partial charge in [-0.1, -0.05) is 69.7 Å². The number of fused-ring (bicyclic) bond motifs is 1. The van der Waals surface area contributed by atoms with Gasteiger partial charge in [0, 0.05) is 21.8 Å². The van der Waals surface area contributed by atoms with Gasteiger partial charge in [0.15, 0.2) is 0 Å². The highest BCUT2D eigenvalue weighted by molar-refractivity contribution is 9.08. The zero-order chi connectivity index (χ0) is 21.6. The summed E-state index contributed by atoms with van der Waals surface area (Å²) in [5.74, 6) is -0.237. The van der Waals surface area contributed by atoms with Crippen LogP contribution in [-0.4, -0.2) is 25.2 Å². The van der Waals surface area contributed by atoms with Gasteiger partial charge >= 0.3 is 0 Å². The van der Waals surface area contributed by atoms with E-state index in [0.29, 0.717) is 12.1 Å². The second-order valence-corrected chi connectivity index (χ2v) is 7.69. The molecular formula is C24H21BrFN5. The highest BCUT2D eigenvalue weighted by atomic mass is 79.9. The fourth-order valence-corrected chi connectivity index (χ4v) is 3.80. The summed E-state index contributed by atoms with van der Waals surface area (Å²) >= 11 is 3.41. The molecule has 0 amide bonds. The minimum absolute atomic E-state index is 0.237. The van der Waals surface area contributed by atoms with Gasteiger partial charge in [0.25, 0.3) is 0 Å². The molecule has 5 aromatic rings. The topological polar surface area (TPSA) is 59.4 Å². The molecule has 0 saturated carbocycles. The van der Waals surface area contributed by atoms with E-state index >= 15 is 0 Å². The Morgan fingerprint density at radius 3 is 2.52 bits per heavy atom. The van der Waals surface area contributed by atoms with Gasteiger partial charge in [-0.15, -0.1) is 5.10 Å². The van der Waals surface area contributed by atoms with E-state index in [4.69, 9.17) is 0 Å². The predicted octanol–water partition coefficient (Wildman–Crippen LogP) is 5.90. The van der Waals surface area contributed by atoms with Crippen molar-refractivity contribution in [1.82, 2.24) is 25.2 Å². The van der Waals surface area contributed by atoms with E-state index in [-0.39, 0.29) is 5.82 Å². The van der Waals surface area contributed by atoms with Gasteiger partial charge in [-0.25, -0.2) is 9.07 Å². The van der Waals surface area contributed by atoms with Crippen LogP contribution < -0.4 is 0 Å². The molecule has 5 nitrogen and oxygen atoms in total. The van der Waals surface area contributed by atoms with Gasteiger partial charge in [0.2, 0.25) is 0 Å². The maximum Gasteiger partial charge on any atom is 0.128 e. The average molecular weight is 478 g/mol. The first-order valence-electron chi connectivity index (χ1n) is 9.81. The molecule has 0 aliphatic rings. The maximum atomic E-state index is 13.7. The fraction of sp³-hybridized carbons (Fsp3) is 0.125. The number of nitrogens with one attached hydrogen (secondary N) is 1. The predicted molar refractivity (Wildman–Crippen MR) is 124 cm³/mol. The van der Waals surface area contributed by atoms with Gasteiger partial charge in [-0.3, -0.25) is 5.10 Å². The molecule has 156 valence electrons. The van der Waals surface area contributed by atoms with Crippen LogP contribution in [0.1, 0.15) is 16.7 Å². The second kappa shape index (κ2) is 9.66. The summed E-state index contributed by atoms with van der Waals surface area (Å²) < 4.78 is 15.3. The number of nitrogens with zero attached hydrogens (tertiary/aromatic N) is 4. The largest absolute Gasteiger partial charge is 0.278 e. The third-order valence-corrected chi connectivity index (χ3v) is 5.57. The molecule has 5 rings (SSSR count). The Morgan fingerprint density at radius 2 is 1.77 bits per heavy atom. The van der Waals surface area contributed by atoms with Crippen molar-refractivity contribution < 1.29 is 4.39 Å². The smallest absolute Gasteiger partial charge is 0.128 e. The first-order valence-corrected chi connectivity index (χ1v) is 10.9. The molecule has 2 aromatic heterocycles. The van der Waals surface area contributed by atoms with E-state index in [1.807, 2.05) is 30.5 Å². The average Bonchev–Trinajstić information content (AvgIpc) is 3.45. The van der Waals surface area contributed by atoms with E-state index in [1.165, 1.54) is 17.2 Å². The van der Waals surface area contributed by atoms with Crippen LogP contribution in [0.15, 0.2) is 79.1 Å². The standard InChI is InChI=1S/C16H12FN5.C8H9Br/c17-14-4-2-1-3-12(14)9-22-10-16(20-21-22)11-5-6-15-13(7-11)8-18-19-15;1-7-4-2-3-5-8(7)6-9/h1-8,10H,9H2,(H,18,19);2-5H,6H2,1H3. The summed E-state index contributed by atoms with van der Waals surface area (Å²) in [6.45, 7) is 2.48. The number of aromatic nitrogens is 5. The molecule has 2 heterocycles. The molecule has 3 aromatic carbocycles. The van der Waals surface area contributed by atoms with Crippen LogP contribution >= 0.6 is 15.9 Å². The highest BCUT2D eigenvalue weighted by Gasteiger charge is 2.08. The Bertz CT molecular complexity index is 1290. The summed E-state index contributed by atoms with van der Waals surface area (Å²) in [6, 6.07) is 20.9. The Balaban J connectivity index is 0.000000217. The maximum absolute atomic E-state index is 13.7. The molecule has 0 aliphatic heterocycles. The summed E-state index contributed by atoms with van der Waals surface area (Å²) in [5, 5.41) is 17.1. The van der Waals surface area contributed by atoms with Crippen LogP contribution in [0.2, 0.25) is 0 Å². The Hall–Kier alpha value is -3.32. The molecule has 0 atom stereocenters. The monoisotopic (exact) mass is 477 g/mol. The lowest BCUT2D eigenvalue weighted by Gasteiger charge is -2.01. The first kappa shape index (κ1) is 20.9. The van der Waals surface area contributed by atoms with Crippen LogP contribution in [0.4, 0.5) is 4.39 Å². The Labute approximate surface area is 188 Å². The summed E-state index contributed by atoms with van der Waals surface area (Å²) in [6.07, 6.45) is 3.58. The van der Waals surface area contributed by atoms with Crippen molar-refractivity contribution in [2.75, 3.05) is 0 Å². The number of aryl methyl sites for hydroxylation is 1. The van der Waals surface area contributed by atoms with Crippen molar-refractivity contribution in [3.8, 4) is 11.3 Å².